The van der Waals surface area contributed by atoms with Crippen LogP contribution in [-0.4, -0.2) is 7.11 Å². The summed E-state index contributed by atoms with van der Waals surface area (Å²) in [6.07, 6.45) is 0. The van der Waals surface area contributed by atoms with Crippen molar-refractivity contribution in [3.63, 3.8) is 0 Å². The van der Waals surface area contributed by atoms with E-state index in [2.05, 4.69) is 23.7 Å². The van der Waals surface area contributed by atoms with E-state index in [-0.39, 0.29) is 0 Å². The smallest absolute Gasteiger partial charge is 0.118 e. The maximum atomic E-state index is 5.09. The fraction of sp³-hybridized carbons (Fsp3) is 0.111. The van der Waals surface area contributed by atoms with Crippen LogP contribution in [0, 0.1) is 30.6 Å². The van der Waals surface area contributed by atoms with Crippen molar-refractivity contribution < 1.29 is 4.74 Å². The minimum Gasteiger partial charge on any atom is -0.497 e. The average molecular weight is 246 g/mol. The van der Waals surface area contributed by atoms with E-state index in [1.807, 2.05) is 55.5 Å². The van der Waals surface area contributed by atoms with Gasteiger partial charge in [0.1, 0.15) is 5.75 Å². The van der Waals surface area contributed by atoms with Crippen LogP contribution in [0.4, 0.5) is 0 Å². The standard InChI is InChI=1S/C18H14O/c1-15-6-5-9-17(14-15)8-4-3-7-16-10-12-18(19-2)13-11-16/h5-6,9-14H,1-2H3. The molecular formula is C18H14O. The molecule has 0 spiro atoms. The van der Waals surface area contributed by atoms with E-state index in [1.165, 1.54) is 5.56 Å². The molecule has 2 aromatic carbocycles. The van der Waals surface area contributed by atoms with E-state index in [0.29, 0.717) is 0 Å². The van der Waals surface area contributed by atoms with Crippen LogP contribution in [0.5, 0.6) is 5.75 Å². The maximum absolute atomic E-state index is 5.09. The molecule has 0 unspecified atom stereocenters. The lowest BCUT2D eigenvalue weighted by Gasteiger charge is -1.96. The number of aryl methyl sites for hydroxylation is 1. The third kappa shape index (κ3) is 3.95. The van der Waals surface area contributed by atoms with Crippen molar-refractivity contribution >= 4 is 0 Å². The van der Waals surface area contributed by atoms with Crippen LogP contribution in [0.2, 0.25) is 0 Å². The highest BCUT2D eigenvalue weighted by molar-refractivity contribution is 5.45. The predicted octanol–water partition coefficient (Wildman–Crippen LogP) is 3.41. The third-order valence-corrected chi connectivity index (χ3v) is 2.58. The Morgan fingerprint density at radius 3 is 2.16 bits per heavy atom. The molecule has 0 aliphatic heterocycles. The normalized spacial score (nSPS) is 8.74. The summed E-state index contributed by atoms with van der Waals surface area (Å²) in [6, 6.07) is 15.7. The number of methoxy groups -OCH3 is 1. The first-order valence-corrected chi connectivity index (χ1v) is 6.01. The van der Waals surface area contributed by atoms with Crippen molar-refractivity contribution in [2.75, 3.05) is 7.11 Å². The van der Waals surface area contributed by atoms with E-state index in [1.54, 1.807) is 7.11 Å². The highest BCUT2D eigenvalue weighted by atomic mass is 16.5. The van der Waals surface area contributed by atoms with Gasteiger partial charge in [-0.15, -0.1) is 0 Å². The molecule has 1 nitrogen and oxygen atoms in total. The molecule has 0 saturated carbocycles. The SMILES string of the molecule is COc1ccc(C#CC#Cc2cccc(C)c2)cc1. The molecule has 0 bridgehead atoms. The number of benzene rings is 2. The fourth-order valence-electron chi connectivity index (χ4n) is 1.60. The lowest BCUT2D eigenvalue weighted by Crippen LogP contribution is -1.81. The molecule has 0 aliphatic carbocycles. The van der Waals surface area contributed by atoms with Gasteiger partial charge in [0.2, 0.25) is 0 Å². The topological polar surface area (TPSA) is 9.23 Å². The quantitative estimate of drug-likeness (QED) is 0.701. The van der Waals surface area contributed by atoms with Gasteiger partial charge >= 0.3 is 0 Å². The molecule has 2 rings (SSSR count). The average Bonchev–Trinajstić information content (AvgIpc) is 2.44. The molecule has 92 valence electrons. The molecule has 19 heavy (non-hydrogen) atoms. The van der Waals surface area contributed by atoms with Gasteiger partial charge in [-0.1, -0.05) is 24.0 Å². The largest absolute Gasteiger partial charge is 0.497 e. The zero-order valence-electron chi connectivity index (χ0n) is 11.0. The highest BCUT2D eigenvalue weighted by Crippen LogP contribution is 2.10. The maximum Gasteiger partial charge on any atom is 0.118 e. The van der Waals surface area contributed by atoms with Gasteiger partial charge in [0.05, 0.1) is 7.11 Å². The zero-order valence-corrected chi connectivity index (χ0v) is 11.0. The highest BCUT2D eigenvalue weighted by Gasteiger charge is 1.89. The van der Waals surface area contributed by atoms with Gasteiger partial charge in [0.15, 0.2) is 0 Å². The molecule has 0 fully saturated rings. The summed E-state index contributed by atoms with van der Waals surface area (Å²) >= 11 is 0. The summed E-state index contributed by atoms with van der Waals surface area (Å²) in [7, 11) is 1.65. The van der Waals surface area contributed by atoms with E-state index >= 15 is 0 Å². The second-order valence-corrected chi connectivity index (χ2v) is 4.10. The van der Waals surface area contributed by atoms with Crippen LogP contribution in [0.1, 0.15) is 16.7 Å². The van der Waals surface area contributed by atoms with Crippen molar-refractivity contribution in [2.45, 2.75) is 6.92 Å². The summed E-state index contributed by atoms with van der Waals surface area (Å²) in [5, 5.41) is 0. The van der Waals surface area contributed by atoms with Crippen molar-refractivity contribution in [2.24, 2.45) is 0 Å². The van der Waals surface area contributed by atoms with Gasteiger partial charge in [-0.05, 0) is 60.7 Å². The molecule has 0 atom stereocenters. The van der Waals surface area contributed by atoms with Crippen LogP contribution >= 0.6 is 0 Å². The fourth-order valence-corrected chi connectivity index (χ4v) is 1.60. The van der Waals surface area contributed by atoms with Crippen LogP contribution in [0.25, 0.3) is 0 Å². The monoisotopic (exact) mass is 246 g/mol. The minimum atomic E-state index is 0.830. The number of hydrogen-bond donors (Lipinski definition) is 0. The van der Waals surface area contributed by atoms with Crippen LogP contribution in [0.3, 0.4) is 0 Å². The Morgan fingerprint density at radius 2 is 1.53 bits per heavy atom. The van der Waals surface area contributed by atoms with Gasteiger partial charge in [0, 0.05) is 11.1 Å². The molecular weight excluding hydrogens is 232 g/mol. The van der Waals surface area contributed by atoms with Gasteiger partial charge in [0.25, 0.3) is 0 Å². The van der Waals surface area contributed by atoms with E-state index < -0.39 is 0 Å². The Hall–Kier alpha value is -2.64. The van der Waals surface area contributed by atoms with Crippen molar-refractivity contribution in [3.8, 4) is 29.4 Å². The summed E-state index contributed by atoms with van der Waals surface area (Å²) in [4.78, 5) is 0. The first-order chi connectivity index (χ1) is 9.28. The lowest BCUT2D eigenvalue weighted by molar-refractivity contribution is 0.415. The molecule has 0 aliphatic rings. The summed E-state index contributed by atoms with van der Waals surface area (Å²) in [5.41, 5.74) is 3.12. The van der Waals surface area contributed by atoms with Crippen LogP contribution in [-0.2, 0) is 0 Å². The van der Waals surface area contributed by atoms with Crippen LogP contribution < -0.4 is 4.74 Å². The summed E-state index contributed by atoms with van der Waals surface area (Å²) in [5.74, 6) is 12.6. The summed E-state index contributed by atoms with van der Waals surface area (Å²) < 4.78 is 5.09. The van der Waals surface area contributed by atoms with E-state index in [0.717, 1.165) is 16.9 Å². The Bertz CT molecular complexity index is 673. The first-order valence-electron chi connectivity index (χ1n) is 6.01. The third-order valence-electron chi connectivity index (χ3n) is 2.58. The molecule has 0 radical (unpaired) electrons. The minimum absolute atomic E-state index is 0.830. The first kappa shape index (κ1) is 12.8. The Balaban J connectivity index is 2.09. The van der Waals surface area contributed by atoms with Gasteiger partial charge in [-0.25, -0.2) is 0 Å². The van der Waals surface area contributed by atoms with Crippen molar-refractivity contribution in [1.82, 2.24) is 0 Å². The molecule has 0 saturated heterocycles. The van der Waals surface area contributed by atoms with E-state index in [4.69, 9.17) is 4.74 Å². The number of ether oxygens (including phenoxy) is 1. The second-order valence-electron chi connectivity index (χ2n) is 4.10. The van der Waals surface area contributed by atoms with Gasteiger partial charge < -0.3 is 4.74 Å². The molecule has 0 amide bonds. The Kier molecular flexibility index (Phi) is 4.27. The van der Waals surface area contributed by atoms with Gasteiger partial charge in [-0.2, -0.15) is 0 Å². The molecule has 2 aromatic rings. The predicted molar refractivity (Wildman–Crippen MR) is 77.9 cm³/mol. The van der Waals surface area contributed by atoms with Crippen molar-refractivity contribution in [3.05, 3.63) is 65.2 Å². The number of hydrogen-bond acceptors (Lipinski definition) is 1. The lowest BCUT2D eigenvalue weighted by atomic mass is 10.1. The molecule has 0 aromatic heterocycles. The van der Waals surface area contributed by atoms with Crippen molar-refractivity contribution in [1.29, 1.82) is 0 Å². The Morgan fingerprint density at radius 1 is 0.842 bits per heavy atom. The van der Waals surface area contributed by atoms with Crippen LogP contribution in [0.15, 0.2) is 48.5 Å². The van der Waals surface area contributed by atoms with Gasteiger partial charge in [-0.3, -0.25) is 0 Å². The Labute approximate surface area is 114 Å². The zero-order chi connectivity index (χ0) is 13.5. The molecule has 0 heterocycles. The van der Waals surface area contributed by atoms with E-state index in [9.17, 15) is 0 Å². The molecule has 0 N–H and O–H groups in total. The second kappa shape index (κ2) is 6.34. The number of rotatable bonds is 1. The summed E-state index contributed by atoms with van der Waals surface area (Å²) in [6.45, 7) is 2.05. The molecule has 1 heteroatoms.